The van der Waals surface area contributed by atoms with E-state index in [-0.39, 0.29) is 12.1 Å². The summed E-state index contributed by atoms with van der Waals surface area (Å²) < 4.78 is 5.96. The molecular formula is C32H34N2O4. The predicted octanol–water partition coefficient (Wildman–Crippen LogP) is 6.15. The van der Waals surface area contributed by atoms with E-state index in [0.717, 1.165) is 47.3 Å². The van der Waals surface area contributed by atoms with Gasteiger partial charge in [0.05, 0.1) is 18.7 Å². The Labute approximate surface area is 224 Å². The number of carbonyl (C=O) groups excluding carboxylic acids is 1. The molecule has 4 rings (SSSR count). The molecule has 0 bridgehead atoms. The minimum absolute atomic E-state index is 0.0120. The highest BCUT2D eigenvalue weighted by atomic mass is 16.5. The van der Waals surface area contributed by atoms with E-state index in [0.29, 0.717) is 17.9 Å². The van der Waals surface area contributed by atoms with Crippen LogP contribution in [0.1, 0.15) is 54.1 Å². The van der Waals surface area contributed by atoms with E-state index >= 15 is 0 Å². The van der Waals surface area contributed by atoms with E-state index in [4.69, 9.17) is 4.74 Å². The Morgan fingerprint density at radius 3 is 2.29 bits per heavy atom. The van der Waals surface area contributed by atoms with Gasteiger partial charge >= 0.3 is 0 Å². The highest BCUT2D eigenvalue weighted by molar-refractivity contribution is 5.95. The van der Waals surface area contributed by atoms with Crippen LogP contribution in [-0.2, 0) is 12.5 Å². The number of hydrogen-bond acceptors (Lipinski definition) is 5. The average Bonchev–Trinajstić information content (AvgIpc) is 2.96. The second-order valence-corrected chi connectivity index (χ2v) is 9.24. The van der Waals surface area contributed by atoms with Crippen molar-refractivity contribution in [1.29, 1.82) is 0 Å². The number of para-hydroxylation sites is 1. The van der Waals surface area contributed by atoms with Gasteiger partial charge in [0.2, 0.25) is 0 Å². The van der Waals surface area contributed by atoms with Gasteiger partial charge in [0.1, 0.15) is 5.75 Å². The third kappa shape index (κ3) is 6.65. The van der Waals surface area contributed by atoms with Crippen LogP contribution < -0.4 is 4.74 Å². The molecule has 3 aromatic carbocycles. The van der Waals surface area contributed by atoms with Crippen LogP contribution in [0.3, 0.4) is 0 Å². The van der Waals surface area contributed by atoms with Gasteiger partial charge in [0.15, 0.2) is 0 Å². The number of pyridine rings is 1. The van der Waals surface area contributed by atoms with Gasteiger partial charge in [-0.15, -0.1) is 0 Å². The lowest BCUT2D eigenvalue weighted by Gasteiger charge is -2.36. The van der Waals surface area contributed by atoms with Crippen LogP contribution >= 0.6 is 0 Å². The van der Waals surface area contributed by atoms with Gasteiger partial charge < -0.3 is 14.9 Å². The summed E-state index contributed by atoms with van der Waals surface area (Å²) in [6.45, 7) is 2.59. The molecule has 0 saturated carbocycles. The fraction of sp³-hybridized carbons (Fsp3) is 0.250. The Morgan fingerprint density at radius 2 is 1.58 bits per heavy atom. The number of carbonyl (C=O) groups is 1. The van der Waals surface area contributed by atoms with E-state index in [2.05, 4.69) is 11.9 Å². The van der Waals surface area contributed by atoms with Crippen molar-refractivity contribution in [3.8, 4) is 16.9 Å². The Kier molecular flexibility index (Phi) is 9.25. The van der Waals surface area contributed by atoms with Crippen molar-refractivity contribution in [3.63, 3.8) is 0 Å². The van der Waals surface area contributed by atoms with Gasteiger partial charge in [-0.3, -0.25) is 14.7 Å². The molecule has 0 fully saturated rings. The normalized spacial score (nSPS) is 11.2. The van der Waals surface area contributed by atoms with E-state index in [1.807, 2.05) is 54.6 Å². The molecule has 1 aromatic heterocycles. The maximum Gasteiger partial charge on any atom is 0.281 e. The molecule has 6 heteroatoms. The molecule has 2 N–H and O–H groups in total. The number of aromatic nitrogens is 1. The third-order valence-corrected chi connectivity index (χ3v) is 6.44. The number of unbranched alkanes of at least 4 members (excludes halogenated alkanes) is 3. The van der Waals surface area contributed by atoms with Crippen molar-refractivity contribution in [2.45, 2.75) is 45.1 Å². The van der Waals surface area contributed by atoms with E-state index in [9.17, 15) is 15.0 Å². The number of hydrogen-bond donors (Lipinski definition) is 2. The van der Waals surface area contributed by atoms with Crippen LogP contribution in [0.2, 0.25) is 0 Å². The number of ether oxygens (including phenoxy) is 1. The summed E-state index contributed by atoms with van der Waals surface area (Å²) >= 11 is 0. The minimum Gasteiger partial charge on any atom is -0.493 e. The first-order chi connectivity index (χ1) is 18.5. The molecule has 1 amide bonds. The number of nitrogens with zero attached hydrogens (tertiary/aromatic N) is 2. The zero-order valence-electron chi connectivity index (χ0n) is 21.7. The maximum atomic E-state index is 13.8. The molecule has 0 aliphatic heterocycles. The highest BCUT2D eigenvalue weighted by Crippen LogP contribution is 2.34. The fourth-order valence-electron chi connectivity index (χ4n) is 4.31. The van der Waals surface area contributed by atoms with Crippen LogP contribution in [0.15, 0.2) is 103 Å². The summed E-state index contributed by atoms with van der Waals surface area (Å²) in [5, 5.41) is 23.1. The standard InChI is InChI=1S/C32H34N2O4/c1-2-3-4-10-22-38-30-16-9-8-15-29(30)32(36,37)34(24-25-12-6-5-7-13-25)31(35)27-19-17-26(18-20-27)28-14-11-21-33-23-28/h5-9,11-21,23,36-37H,2-4,10,22,24H2,1H3. The van der Waals surface area contributed by atoms with Crippen molar-refractivity contribution < 1.29 is 19.7 Å². The van der Waals surface area contributed by atoms with Crippen molar-refractivity contribution in [3.05, 3.63) is 120 Å². The molecule has 38 heavy (non-hydrogen) atoms. The average molecular weight is 511 g/mol. The molecule has 0 aliphatic rings. The highest BCUT2D eigenvalue weighted by Gasteiger charge is 2.40. The quantitative estimate of drug-likeness (QED) is 0.177. The molecule has 6 nitrogen and oxygen atoms in total. The lowest BCUT2D eigenvalue weighted by Crippen LogP contribution is -2.49. The molecule has 0 spiro atoms. The summed E-state index contributed by atoms with van der Waals surface area (Å²) in [6.07, 6.45) is 7.60. The smallest absolute Gasteiger partial charge is 0.281 e. The molecule has 0 aliphatic carbocycles. The molecule has 0 radical (unpaired) electrons. The van der Waals surface area contributed by atoms with Crippen LogP contribution in [0.25, 0.3) is 11.1 Å². The van der Waals surface area contributed by atoms with Crippen LogP contribution in [0.4, 0.5) is 0 Å². The first-order valence-electron chi connectivity index (χ1n) is 13.0. The number of rotatable bonds is 12. The van der Waals surface area contributed by atoms with Gasteiger partial charge in [-0.05, 0) is 53.4 Å². The summed E-state index contributed by atoms with van der Waals surface area (Å²) in [5.74, 6) is -2.80. The van der Waals surface area contributed by atoms with Crippen LogP contribution in [0.5, 0.6) is 5.75 Å². The summed E-state index contributed by atoms with van der Waals surface area (Å²) in [5.41, 5.74) is 3.05. The van der Waals surface area contributed by atoms with Gasteiger partial charge in [0.25, 0.3) is 11.8 Å². The maximum absolute atomic E-state index is 13.8. The van der Waals surface area contributed by atoms with Crippen LogP contribution in [-0.4, -0.2) is 32.6 Å². The van der Waals surface area contributed by atoms with Crippen molar-refractivity contribution in [1.82, 2.24) is 9.88 Å². The zero-order valence-corrected chi connectivity index (χ0v) is 21.7. The third-order valence-electron chi connectivity index (χ3n) is 6.44. The van der Waals surface area contributed by atoms with Gasteiger partial charge in [-0.1, -0.05) is 86.8 Å². The number of benzene rings is 3. The second-order valence-electron chi connectivity index (χ2n) is 9.24. The Morgan fingerprint density at radius 1 is 0.842 bits per heavy atom. The molecular weight excluding hydrogens is 476 g/mol. The fourth-order valence-corrected chi connectivity index (χ4v) is 4.31. The Balaban J connectivity index is 1.64. The molecule has 0 unspecified atom stereocenters. The Hall–Kier alpha value is -4.00. The minimum atomic E-state index is -2.62. The largest absolute Gasteiger partial charge is 0.493 e. The van der Waals surface area contributed by atoms with E-state index in [1.54, 1.807) is 48.8 Å². The zero-order chi connectivity index (χ0) is 26.8. The topological polar surface area (TPSA) is 82.9 Å². The summed E-state index contributed by atoms with van der Waals surface area (Å²) in [6, 6.07) is 26.9. The number of amides is 1. The summed E-state index contributed by atoms with van der Waals surface area (Å²) in [4.78, 5) is 19.0. The van der Waals surface area contributed by atoms with E-state index in [1.165, 1.54) is 0 Å². The predicted molar refractivity (Wildman–Crippen MR) is 148 cm³/mol. The first-order valence-corrected chi connectivity index (χ1v) is 13.0. The second kappa shape index (κ2) is 13.0. The Bertz CT molecular complexity index is 1290. The van der Waals surface area contributed by atoms with Crippen molar-refractivity contribution >= 4 is 5.91 Å². The first kappa shape index (κ1) is 27.0. The van der Waals surface area contributed by atoms with Gasteiger partial charge in [-0.2, -0.15) is 0 Å². The van der Waals surface area contributed by atoms with Gasteiger partial charge in [-0.25, -0.2) is 0 Å². The molecule has 0 atom stereocenters. The molecule has 4 aromatic rings. The van der Waals surface area contributed by atoms with Gasteiger partial charge in [0, 0.05) is 18.0 Å². The molecule has 0 saturated heterocycles. The summed E-state index contributed by atoms with van der Waals surface area (Å²) in [7, 11) is 0. The lowest BCUT2D eigenvalue weighted by molar-refractivity contribution is -0.259. The molecule has 196 valence electrons. The van der Waals surface area contributed by atoms with Crippen molar-refractivity contribution in [2.75, 3.05) is 6.61 Å². The lowest BCUT2D eigenvalue weighted by atomic mass is 10.0. The molecule has 1 heterocycles. The SMILES string of the molecule is CCCCCCOc1ccccc1C(O)(O)N(Cc1ccccc1)C(=O)c1ccc(-c2cccnc2)cc1. The number of aliphatic hydroxyl groups is 2. The monoisotopic (exact) mass is 510 g/mol. The van der Waals surface area contributed by atoms with Crippen molar-refractivity contribution in [2.24, 2.45) is 0 Å². The van der Waals surface area contributed by atoms with E-state index < -0.39 is 11.8 Å². The van der Waals surface area contributed by atoms with Crippen LogP contribution in [0, 0.1) is 0 Å².